The quantitative estimate of drug-likeness (QED) is 0.661. The van der Waals surface area contributed by atoms with Gasteiger partial charge in [0.15, 0.2) is 0 Å². The molecule has 0 fully saturated rings. The second-order valence-corrected chi connectivity index (χ2v) is 3.50. The van der Waals surface area contributed by atoms with Gasteiger partial charge in [0.2, 0.25) is 0 Å². The van der Waals surface area contributed by atoms with E-state index >= 15 is 0 Å². The van der Waals surface area contributed by atoms with Gasteiger partial charge in [0.1, 0.15) is 18.1 Å². The lowest BCUT2D eigenvalue weighted by molar-refractivity contribution is 0.0544. The van der Waals surface area contributed by atoms with Crippen molar-refractivity contribution in [3.05, 3.63) is 23.8 Å². The predicted molar refractivity (Wildman–Crippen MR) is 64.8 cm³/mol. The van der Waals surface area contributed by atoms with Crippen LogP contribution in [0.1, 0.15) is 10.4 Å². The SMILES string of the molecule is COCCOCCOc1ccc(C(N)=O)c(O)c1. The molecule has 1 aromatic rings. The van der Waals surface area contributed by atoms with Crippen LogP contribution in [-0.4, -0.2) is 44.6 Å². The first-order chi connectivity index (χ1) is 8.65. The standard InChI is InChI=1S/C12H17NO5/c1-16-4-5-17-6-7-18-9-2-3-10(12(13)15)11(14)8-9/h2-3,8,14H,4-7H2,1H3,(H2,13,15). The average Bonchev–Trinajstić information content (AvgIpc) is 2.33. The second-order valence-electron chi connectivity index (χ2n) is 3.50. The minimum Gasteiger partial charge on any atom is -0.507 e. The Bertz CT molecular complexity index is 394. The summed E-state index contributed by atoms with van der Waals surface area (Å²) in [6.45, 7) is 1.81. The number of ether oxygens (including phenoxy) is 3. The Balaban J connectivity index is 2.35. The first kappa shape index (κ1) is 14.3. The molecule has 0 bridgehead atoms. The van der Waals surface area contributed by atoms with E-state index in [0.717, 1.165) is 0 Å². The molecule has 0 aromatic heterocycles. The molecule has 0 spiro atoms. The molecule has 1 rings (SSSR count). The van der Waals surface area contributed by atoms with E-state index < -0.39 is 5.91 Å². The smallest absolute Gasteiger partial charge is 0.252 e. The van der Waals surface area contributed by atoms with Crippen molar-refractivity contribution in [2.24, 2.45) is 5.73 Å². The van der Waals surface area contributed by atoms with Gasteiger partial charge in [-0.25, -0.2) is 0 Å². The highest BCUT2D eigenvalue weighted by Gasteiger charge is 2.08. The van der Waals surface area contributed by atoms with Gasteiger partial charge in [0.05, 0.1) is 25.4 Å². The number of benzene rings is 1. The van der Waals surface area contributed by atoms with Crippen molar-refractivity contribution >= 4 is 5.91 Å². The van der Waals surface area contributed by atoms with E-state index in [1.54, 1.807) is 13.2 Å². The first-order valence-electron chi connectivity index (χ1n) is 5.47. The van der Waals surface area contributed by atoms with Crippen LogP contribution in [0, 0.1) is 0 Å². The van der Waals surface area contributed by atoms with E-state index in [4.69, 9.17) is 19.9 Å². The van der Waals surface area contributed by atoms with Crippen molar-refractivity contribution in [3.8, 4) is 11.5 Å². The normalized spacial score (nSPS) is 10.3. The lowest BCUT2D eigenvalue weighted by atomic mass is 10.2. The molecule has 0 unspecified atom stereocenters. The number of carbonyl (C=O) groups is 1. The zero-order valence-electron chi connectivity index (χ0n) is 10.2. The summed E-state index contributed by atoms with van der Waals surface area (Å²) in [6, 6.07) is 4.32. The van der Waals surface area contributed by atoms with Crippen molar-refractivity contribution in [1.82, 2.24) is 0 Å². The number of phenols is 1. The van der Waals surface area contributed by atoms with Crippen molar-refractivity contribution < 1.29 is 24.1 Å². The van der Waals surface area contributed by atoms with Crippen LogP contribution >= 0.6 is 0 Å². The first-order valence-corrected chi connectivity index (χ1v) is 5.47. The lowest BCUT2D eigenvalue weighted by Crippen LogP contribution is -2.12. The third-order valence-corrected chi connectivity index (χ3v) is 2.16. The van der Waals surface area contributed by atoms with Crippen LogP contribution in [0.3, 0.4) is 0 Å². The summed E-state index contributed by atoms with van der Waals surface area (Å²) in [6.07, 6.45) is 0. The van der Waals surface area contributed by atoms with Gasteiger partial charge in [-0.15, -0.1) is 0 Å². The predicted octanol–water partition coefficient (Wildman–Crippen LogP) is 0.533. The Morgan fingerprint density at radius 1 is 1.28 bits per heavy atom. The zero-order chi connectivity index (χ0) is 13.4. The van der Waals surface area contributed by atoms with Crippen molar-refractivity contribution in [1.29, 1.82) is 0 Å². The Labute approximate surface area is 105 Å². The molecule has 0 atom stereocenters. The third-order valence-electron chi connectivity index (χ3n) is 2.16. The van der Waals surface area contributed by atoms with Crippen LogP contribution < -0.4 is 10.5 Å². The number of aromatic hydroxyl groups is 1. The Hall–Kier alpha value is -1.79. The van der Waals surface area contributed by atoms with Gasteiger partial charge in [-0.1, -0.05) is 0 Å². The van der Waals surface area contributed by atoms with Crippen LogP contribution in [0.25, 0.3) is 0 Å². The molecule has 1 amide bonds. The minimum atomic E-state index is -0.679. The van der Waals surface area contributed by atoms with E-state index in [1.807, 2.05) is 0 Å². The van der Waals surface area contributed by atoms with E-state index in [0.29, 0.717) is 32.2 Å². The highest BCUT2D eigenvalue weighted by molar-refractivity contribution is 5.95. The molecule has 0 aliphatic carbocycles. The van der Waals surface area contributed by atoms with E-state index in [-0.39, 0.29) is 11.3 Å². The number of nitrogens with two attached hydrogens (primary N) is 1. The topological polar surface area (TPSA) is 91.0 Å². The second kappa shape index (κ2) is 7.52. The summed E-state index contributed by atoms with van der Waals surface area (Å²) in [7, 11) is 1.60. The monoisotopic (exact) mass is 255 g/mol. The zero-order valence-corrected chi connectivity index (χ0v) is 10.2. The summed E-state index contributed by atoms with van der Waals surface area (Å²) in [5.74, 6) is -0.421. The van der Waals surface area contributed by atoms with Gasteiger partial charge < -0.3 is 25.1 Å². The third kappa shape index (κ3) is 4.60. The molecule has 3 N–H and O–H groups in total. The lowest BCUT2D eigenvalue weighted by Gasteiger charge is -2.08. The summed E-state index contributed by atoms with van der Waals surface area (Å²) in [5.41, 5.74) is 5.13. The molecule has 0 saturated carbocycles. The largest absolute Gasteiger partial charge is 0.507 e. The molecular formula is C12H17NO5. The fraction of sp³-hybridized carbons (Fsp3) is 0.417. The molecule has 18 heavy (non-hydrogen) atoms. The number of rotatable bonds is 8. The molecule has 0 heterocycles. The minimum absolute atomic E-state index is 0.0682. The van der Waals surface area contributed by atoms with Gasteiger partial charge in [-0.2, -0.15) is 0 Å². The molecule has 0 aliphatic heterocycles. The fourth-order valence-corrected chi connectivity index (χ4v) is 1.27. The highest BCUT2D eigenvalue weighted by atomic mass is 16.5. The summed E-state index contributed by atoms with van der Waals surface area (Å²) in [5, 5.41) is 9.51. The van der Waals surface area contributed by atoms with E-state index in [1.165, 1.54) is 12.1 Å². The molecule has 100 valence electrons. The number of amides is 1. The van der Waals surface area contributed by atoms with Crippen molar-refractivity contribution in [2.75, 3.05) is 33.5 Å². The maximum absolute atomic E-state index is 10.9. The van der Waals surface area contributed by atoms with Crippen LogP contribution in [0.4, 0.5) is 0 Å². The van der Waals surface area contributed by atoms with Crippen LogP contribution in [-0.2, 0) is 9.47 Å². The maximum atomic E-state index is 10.9. The van der Waals surface area contributed by atoms with Crippen LogP contribution in [0.2, 0.25) is 0 Å². The van der Waals surface area contributed by atoms with E-state index in [9.17, 15) is 9.90 Å². The number of hydrogen-bond acceptors (Lipinski definition) is 5. The molecule has 6 nitrogen and oxygen atoms in total. The Morgan fingerprint density at radius 3 is 2.61 bits per heavy atom. The Morgan fingerprint density at radius 2 is 2.00 bits per heavy atom. The van der Waals surface area contributed by atoms with Gasteiger partial charge in [0, 0.05) is 13.2 Å². The highest BCUT2D eigenvalue weighted by Crippen LogP contribution is 2.22. The van der Waals surface area contributed by atoms with Gasteiger partial charge in [-0.05, 0) is 12.1 Å². The molecular weight excluding hydrogens is 238 g/mol. The summed E-state index contributed by atoms with van der Waals surface area (Å²) < 4.78 is 15.3. The number of hydrogen-bond donors (Lipinski definition) is 2. The summed E-state index contributed by atoms with van der Waals surface area (Å²) in [4.78, 5) is 10.9. The number of primary amides is 1. The molecule has 0 aliphatic rings. The maximum Gasteiger partial charge on any atom is 0.252 e. The number of carbonyl (C=O) groups excluding carboxylic acids is 1. The van der Waals surface area contributed by atoms with Gasteiger partial charge in [-0.3, -0.25) is 4.79 Å². The van der Waals surface area contributed by atoms with Crippen LogP contribution in [0.5, 0.6) is 11.5 Å². The van der Waals surface area contributed by atoms with Gasteiger partial charge in [0.25, 0.3) is 5.91 Å². The number of methoxy groups -OCH3 is 1. The molecule has 1 aromatic carbocycles. The van der Waals surface area contributed by atoms with Crippen molar-refractivity contribution in [3.63, 3.8) is 0 Å². The van der Waals surface area contributed by atoms with Gasteiger partial charge >= 0.3 is 0 Å². The molecule has 0 radical (unpaired) electrons. The molecule has 6 heteroatoms. The average molecular weight is 255 g/mol. The Kier molecular flexibility index (Phi) is 5.96. The van der Waals surface area contributed by atoms with Crippen molar-refractivity contribution in [2.45, 2.75) is 0 Å². The van der Waals surface area contributed by atoms with Crippen LogP contribution in [0.15, 0.2) is 18.2 Å². The van der Waals surface area contributed by atoms with E-state index in [2.05, 4.69) is 0 Å². The fourth-order valence-electron chi connectivity index (χ4n) is 1.27. The summed E-state index contributed by atoms with van der Waals surface area (Å²) >= 11 is 0. The molecule has 0 saturated heterocycles.